The zero-order chi connectivity index (χ0) is 16.1. The number of thiophene rings is 1. The smallest absolute Gasteiger partial charge is 0.244 e. The Morgan fingerprint density at radius 2 is 1.95 bits per heavy atom. The third kappa shape index (κ3) is 3.59. The fourth-order valence-electron chi connectivity index (χ4n) is 2.09. The van der Waals surface area contributed by atoms with Gasteiger partial charge < -0.3 is 4.90 Å². The molecule has 0 radical (unpaired) electrons. The van der Waals surface area contributed by atoms with Crippen molar-refractivity contribution in [3.63, 3.8) is 0 Å². The molecule has 0 unspecified atom stereocenters. The van der Waals surface area contributed by atoms with Crippen LogP contribution in [0.15, 0.2) is 10.3 Å². The van der Waals surface area contributed by atoms with Gasteiger partial charge in [0.05, 0.1) is 0 Å². The van der Waals surface area contributed by atoms with Crippen LogP contribution in [0.1, 0.15) is 31.2 Å². The highest BCUT2D eigenvalue weighted by molar-refractivity contribution is 7.93. The lowest BCUT2D eigenvalue weighted by molar-refractivity contribution is 0.317. The largest absolute Gasteiger partial charge is 0.301 e. The second kappa shape index (κ2) is 5.45. The number of nitrogens with one attached hydrogen (secondary N) is 1. The van der Waals surface area contributed by atoms with E-state index >= 15 is 0 Å². The van der Waals surface area contributed by atoms with Gasteiger partial charge in [-0.2, -0.15) is 0 Å². The number of rotatable bonds is 3. The van der Waals surface area contributed by atoms with Crippen LogP contribution >= 0.6 is 11.3 Å². The SMILES string of the molecule is CN1CCc2cc(S(=O)(=O)N[Si](C)(C)C(C)(C)C)sc2C1. The van der Waals surface area contributed by atoms with Crippen molar-refractivity contribution in [1.82, 2.24) is 9.29 Å². The van der Waals surface area contributed by atoms with Crippen molar-refractivity contribution in [2.24, 2.45) is 0 Å². The van der Waals surface area contributed by atoms with Crippen LogP contribution in [0.5, 0.6) is 0 Å². The predicted octanol–water partition coefficient (Wildman–Crippen LogP) is 3.02. The van der Waals surface area contributed by atoms with Crippen molar-refractivity contribution in [2.75, 3.05) is 13.6 Å². The van der Waals surface area contributed by atoms with E-state index in [-0.39, 0.29) is 5.04 Å². The van der Waals surface area contributed by atoms with E-state index in [2.05, 4.69) is 50.2 Å². The van der Waals surface area contributed by atoms with E-state index in [1.165, 1.54) is 21.8 Å². The Labute approximate surface area is 133 Å². The van der Waals surface area contributed by atoms with Gasteiger partial charge in [-0.25, -0.2) is 12.8 Å². The highest BCUT2D eigenvalue weighted by atomic mass is 32.2. The summed E-state index contributed by atoms with van der Waals surface area (Å²) in [5.41, 5.74) is 1.20. The molecule has 21 heavy (non-hydrogen) atoms. The van der Waals surface area contributed by atoms with Gasteiger partial charge in [0.25, 0.3) is 0 Å². The molecular weight excluding hydrogens is 320 g/mol. The number of hydrogen-bond donors (Lipinski definition) is 1. The quantitative estimate of drug-likeness (QED) is 0.856. The van der Waals surface area contributed by atoms with E-state index in [0.717, 1.165) is 19.5 Å². The molecule has 120 valence electrons. The standard InChI is InChI=1S/C14H26N2O2S2Si/c1-14(2,3)21(5,6)15-20(17,18)13-9-11-7-8-16(4)10-12(11)19-13/h9,15H,7-8,10H2,1-6H3. The Morgan fingerprint density at radius 3 is 2.52 bits per heavy atom. The van der Waals surface area contributed by atoms with Gasteiger partial charge in [0.1, 0.15) is 12.4 Å². The molecule has 4 nitrogen and oxygen atoms in total. The maximum absolute atomic E-state index is 12.7. The molecule has 0 atom stereocenters. The van der Waals surface area contributed by atoms with Crippen LogP contribution in [0.2, 0.25) is 18.1 Å². The van der Waals surface area contributed by atoms with Crippen LogP contribution in [-0.4, -0.2) is 35.1 Å². The first-order valence-corrected chi connectivity index (χ1v) is 12.6. The first-order valence-electron chi connectivity index (χ1n) is 7.26. The summed E-state index contributed by atoms with van der Waals surface area (Å²) in [6.07, 6.45) is 0.942. The van der Waals surface area contributed by atoms with E-state index in [4.69, 9.17) is 0 Å². The summed E-state index contributed by atoms with van der Waals surface area (Å²) < 4.78 is 28.9. The molecule has 0 spiro atoms. The van der Waals surface area contributed by atoms with Gasteiger partial charge in [0, 0.05) is 18.0 Å². The van der Waals surface area contributed by atoms with Gasteiger partial charge in [-0.05, 0) is 30.1 Å². The van der Waals surface area contributed by atoms with Gasteiger partial charge >= 0.3 is 0 Å². The summed E-state index contributed by atoms with van der Waals surface area (Å²) in [4.78, 5) is 3.43. The fourth-order valence-corrected chi connectivity index (χ4v) is 8.84. The minimum Gasteiger partial charge on any atom is -0.301 e. The number of fused-ring (bicyclic) bond motifs is 1. The number of sulfonamides is 1. The summed E-state index contributed by atoms with van der Waals surface area (Å²) in [6.45, 7) is 12.3. The fraction of sp³-hybridized carbons (Fsp3) is 0.714. The third-order valence-electron chi connectivity index (χ3n) is 4.58. The van der Waals surface area contributed by atoms with E-state index in [9.17, 15) is 8.42 Å². The molecule has 1 aromatic rings. The topological polar surface area (TPSA) is 49.4 Å². The Balaban J connectivity index is 2.29. The van der Waals surface area contributed by atoms with Crippen molar-refractivity contribution >= 4 is 29.6 Å². The molecule has 1 aromatic heterocycles. The van der Waals surface area contributed by atoms with Gasteiger partial charge in [-0.3, -0.25) is 0 Å². The molecule has 2 heterocycles. The third-order valence-corrected chi connectivity index (χ3v) is 14.0. The van der Waals surface area contributed by atoms with Gasteiger partial charge in [0.15, 0.2) is 0 Å². The molecule has 0 saturated heterocycles. The Kier molecular flexibility index (Phi) is 4.45. The van der Waals surface area contributed by atoms with Crippen LogP contribution in [-0.2, 0) is 23.0 Å². The van der Waals surface area contributed by atoms with E-state index in [1.54, 1.807) is 0 Å². The number of nitrogens with zero attached hydrogens (tertiary/aromatic N) is 1. The van der Waals surface area contributed by atoms with Crippen LogP contribution in [0, 0.1) is 0 Å². The highest BCUT2D eigenvalue weighted by Crippen LogP contribution is 2.36. The predicted molar refractivity (Wildman–Crippen MR) is 91.9 cm³/mol. The van der Waals surface area contributed by atoms with Crippen molar-refractivity contribution in [3.05, 3.63) is 16.5 Å². The Bertz CT molecular complexity index is 630. The average molecular weight is 347 g/mol. The van der Waals surface area contributed by atoms with Gasteiger partial charge in [-0.1, -0.05) is 33.9 Å². The maximum atomic E-state index is 12.7. The molecule has 7 heteroatoms. The van der Waals surface area contributed by atoms with Crippen molar-refractivity contribution in [3.8, 4) is 0 Å². The Morgan fingerprint density at radius 1 is 1.33 bits per heavy atom. The van der Waals surface area contributed by atoms with Crippen molar-refractivity contribution in [2.45, 2.75) is 56.1 Å². The molecular formula is C14H26N2O2S2Si. The molecule has 0 bridgehead atoms. The molecule has 0 saturated carbocycles. The molecule has 0 aromatic carbocycles. The molecule has 1 aliphatic rings. The van der Waals surface area contributed by atoms with E-state index in [0.29, 0.717) is 4.21 Å². The number of likely N-dealkylation sites (N-methyl/N-ethyl adjacent to an activating group) is 1. The summed E-state index contributed by atoms with van der Waals surface area (Å²) in [7, 11) is -3.42. The van der Waals surface area contributed by atoms with Crippen LogP contribution in [0.25, 0.3) is 0 Å². The zero-order valence-corrected chi connectivity index (χ0v) is 16.4. The molecule has 0 amide bonds. The van der Waals surface area contributed by atoms with Crippen LogP contribution in [0.3, 0.4) is 0 Å². The van der Waals surface area contributed by atoms with Gasteiger partial charge in [-0.15, -0.1) is 11.3 Å². The first kappa shape index (κ1) is 17.1. The summed E-state index contributed by atoms with van der Waals surface area (Å²) >= 11 is 1.43. The molecule has 2 rings (SSSR count). The number of hydrogen-bond acceptors (Lipinski definition) is 4. The highest BCUT2D eigenvalue weighted by Gasteiger charge is 2.40. The van der Waals surface area contributed by atoms with Crippen molar-refractivity contribution in [1.29, 1.82) is 0 Å². The van der Waals surface area contributed by atoms with Crippen LogP contribution < -0.4 is 4.39 Å². The monoisotopic (exact) mass is 346 g/mol. The first-order chi connectivity index (χ1) is 9.42. The molecule has 1 N–H and O–H groups in total. The summed E-state index contributed by atoms with van der Waals surface area (Å²) in [6, 6.07) is 1.88. The van der Waals surface area contributed by atoms with Gasteiger partial charge in [0.2, 0.25) is 10.0 Å². The van der Waals surface area contributed by atoms with Crippen LogP contribution in [0.4, 0.5) is 0 Å². The Hall–Kier alpha value is -0.213. The molecule has 0 aliphatic carbocycles. The van der Waals surface area contributed by atoms with E-state index < -0.39 is 18.3 Å². The zero-order valence-electron chi connectivity index (χ0n) is 13.8. The second-order valence-corrected chi connectivity index (χ2v) is 15.9. The maximum Gasteiger partial charge on any atom is 0.244 e. The second-order valence-electron chi connectivity index (χ2n) is 7.48. The van der Waals surface area contributed by atoms with E-state index in [1.807, 2.05) is 6.07 Å². The molecule has 0 fully saturated rings. The summed E-state index contributed by atoms with van der Waals surface area (Å²) in [5.74, 6) is 0. The minimum atomic E-state index is -3.40. The summed E-state index contributed by atoms with van der Waals surface area (Å²) in [5, 5.41) is -0.0167. The average Bonchev–Trinajstić information content (AvgIpc) is 2.69. The lowest BCUT2D eigenvalue weighted by atomic mass is 10.1. The normalized spacial score (nSPS) is 17.8. The lowest BCUT2D eigenvalue weighted by Gasteiger charge is -2.36. The van der Waals surface area contributed by atoms with Crippen molar-refractivity contribution < 1.29 is 8.42 Å². The molecule has 1 aliphatic heterocycles. The minimum absolute atomic E-state index is 0.0167. The lowest BCUT2D eigenvalue weighted by Crippen LogP contribution is -2.54.